The first kappa shape index (κ1) is 14.4. The lowest BCUT2D eigenvalue weighted by molar-refractivity contribution is -0.145. The molecule has 2 N–H and O–H groups in total. The van der Waals surface area contributed by atoms with E-state index in [9.17, 15) is 4.79 Å². The number of hydrogen-bond donors (Lipinski definition) is 2. The van der Waals surface area contributed by atoms with Gasteiger partial charge < -0.3 is 9.84 Å². The third kappa shape index (κ3) is 5.74. The average Bonchev–Trinajstić information content (AvgIpc) is 2.11. The van der Waals surface area contributed by atoms with Crippen LogP contribution in [0.3, 0.4) is 0 Å². The van der Waals surface area contributed by atoms with Crippen LogP contribution in [-0.4, -0.2) is 36.4 Å². The number of hydrogen-bond acceptors (Lipinski definition) is 3. The van der Waals surface area contributed by atoms with E-state index in [1.807, 2.05) is 20.8 Å². The number of carboxylic acids is 1. The minimum atomic E-state index is -0.842. The largest absolute Gasteiger partial charge is 0.480 e. The highest BCUT2D eigenvalue weighted by atomic mass is 16.5. The molecule has 0 rings (SSSR count). The lowest BCUT2D eigenvalue weighted by Gasteiger charge is -2.28. The number of ether oxygens (including phenoxy) is 1. The standard InChI is InChI=1S/C11H23NO3/c1-5-15-7-6-12-11(4,10(13)14)8-9(2)3/h9,12H,5-8H2,1-4H3,(H,13,14). The molecule has 90 valence electrons. The zero-order chi connectivity index (χ0) is 11.9. The van der Waals surface area contributed by atoms with Gasteiger partial charge in [0.2, 0.25) is 0 Å². The molecule has 0 bridgehead atoms. The van der Waals surface area contributed by atoms with Crippen LogP contribution >= 0.6 is 0 Å². The van der Waals surface area contributed by atoms with Gasteiger partial charge >= 0.3 is 5.97 Å². The smallest absolute Gasteiger partial charge is 0.323 e. The summed E-state index contributed by atoms with van der Waals surface area (Å²) in [4.78, 5) is 11.1. The Hall–Kier alpha value is -0.610. The van der Waals surface area contributed by atoms with Gasteiger partial charge in [-0.3, -0.25) is 10.1 Å². The third-order valence-corrected chi connectivity index (χ3v) is 2.25. The molecular formula is C11H23NO3. The van der Waals surface area contributed by atoms with Crippen LogP contribution in [0.5, 0.6) is 0 Å². The third-order valence-electron chi connectivity index (χ3n) is 2.25. The van der Waals surface area contributed by atoms with Gasteiger partial charge in [-0.25, -0.2) is 0 Å². The molecule has 0 saturated heterocycles. The van der Waals surface area contributed by atoms with E-state index in [2.05, 4.69) is 5.32 Å². The van der Waals surface area contributed by atoms with Crippen molar-refractivity contribution in [1.82, 2.24) is 5.32 Å². The molecule has 1 unspecified atom stereocenters. The Kier molecular flexibility index (Phi) is 6.52. The van der Waals surface area contributed by atoms with Crippen molar-refractivity contribution in [2.45, 2.75) is 39.7 Å². The van der Waals surface area contributed by atoms with Crippen LogP contribution in [0.2, 0.25) is 0 Å². The molecule has 0 aliphatic heterocycles. The summed E-state index contributed by atoms with van der Waals surface area (Å²) in [6, 6.07) is 0. The fourth-order valence-electron chi connectivity index (χ4n) is 1.60. The van der Waals surface area contributed by atoms with Gasteiger partial charge in [-0.15, -0.1) is 0 Å². The van der Waals surface area contributed by atoms with Crippen molar-refractivity contribution < 1.29 is 14.6 Å². The minimum absolute atomic E-state index is 0.352. The second-order valence-electron chi connectivity index (χ2n) is 4.36. The van der Waals surface area contributed by atoms with Gasteiger partial charge in [0.15, 0.2) is 0 Å². The molecule has 0 radical (unpaired) electrons. The lowest BCUT2D eigenvalue weighted by Crippen LogP contribution is -2.51. The van der Waals surface area contributed by atoms with Crippen molar-refractivity contribution >= 4 is 5.97 Å². The number of carboxylic acid groups (broad SMARTS) is 1. The van der Waals surface area contributed by atoms with E-state index in [0.717, 1.165) is 0 Å². The van der Waals surface area contributed by atoms with Crippen molar-refractivity contribution in [3.63, 3.8) is 0 Å². The van der Waals surface area contributed by atoms with Crippen LogP contribution in [0.1, 0.15) is 34.1 Å². The summed E-state index contributed by atoms with van der Waals surface area (Å²) < 4.78 is 5.16. The summed E-state index contributed by atoms with van der Waals surface area (Å²) in [5.74, 6) is -0.446. The van der Waals surface area contributed by atoms with Crippen LogP contribution in [-0.2, 0) is 9.53 Å². The molecule has 0 amide bonds. The summed E-state index contributed by atoms with van der Waals surface area (Å²) in [6.45, 7) is 9.47. The Morgan fingerprint density at radius 3 is 2.53 bits per heavy atom. The normalized spacial score (nSPS) is 15.3. The molecule has 0 fully saturated rings. The topological polar surface area (TPSA) is 58.6 Å². The van der Waals surface area contributed by atoms with Gasteiger partial charge in [0, 0.05) is 13.2 Å². The molecule has 4 heteroatoms. The van der Waals surface area contributed by atoms with E-state index in [-0.39, 0.29) is 0 Å². The van der Waals surface area contributed by atoms with Crippen molar-refractivity contribution in [2.75, 3.05) is 19.8 Å². The maximum absolute atomic E-state index is 11.1. The van der Waals surface area contributed by atoms with Gasteiger partial charge in [-0.1, -0.05) is 13.8 Å². The molecule has 0 aliphatic rings. The van der Waals surface area contributed by atoms with E-state index in [0.29, 0.717) is 32.1 Å². The van der Waals surface area contributed by atoms with E-state index >= 15 is 0 Å². The van der Waals surface area contributed by atoms with Crippen LogP contribution in [0.15, 0.2) is 0 Å². The summed E-state index contributed by atoms with van der Waals surface area (Å²) in [6.07, 6.45) is 0.620. The monoisotopic (exact) mass is 217 g/mol. The molecule has 1 atom stereocenters. The van der Waals surface area contributed by atoms with Crippen molar-refractivity contribution in [3.05, 3.63) is 0 Å². The fraction of sp³-hybridized carbons (Fsp3) is 0.909. The predicted molar refractivity (Wildman–Crippen MR) is 60.0 cm³/mol. The molecule has 0 aliphatic carbocycles. The highest BCUT2D eigenvalue weighted by molar-refractivity contribution is 5.78. The molecular weight excluding hydrogens is 194 g/mol. The maximum atomic E-state index is 11.1. The molecule has 0 aromatic heterocycles. The van der Waals surface area contributed by atoms with Crippen LogP contribution in [0, 0.1) is 5.92 Å². The van der Waals surface area contributed by atoms with Crippen LogP contribution in [0.4, 0.5) is 0 Å². The maximum Gasteiger partial charge on any atom is 0.323 e. The predicted octanol–water partition coefficient (Wildman–Crippen LogP) is 1.50. The molecule has 0 aromatic rings. The highest BCUT2D eigenvalue weighted by Gasteiger charge is 2.32. The number of rotatable bonds is 8. The Labute approximate surface area is 92.0 Å². The zero-order valence-corrected chi connectivity index (χ0v) is 10.2. The summed E-state index contributed by atoms with van der Waals surface area (Å²) in [7, 11) is 0. The quantitative estimate of drug-likeness (QED) is 0.605. The van der Waals surface area contributed by atoms with Gasteiger partial charge in [-0.05, 0) is 26.2 Å². The number of nitrogens with one attached hydrogen (secondary N) is 1. The minimum Gasteiger partial charge on any atom is -0.480 e. The van der Waals surface area contributed by atoms with Crippen LogP contribution in [0.25, 0.3) is 0 Å². The second-order valence-corrected chi connectivity index (χ2v) is 4.36. The van der Waals surface area contributed by atoms with E-state index in [4.69, 9.17) is 9.84 Å². The fourth-order valence-corrected chi connectivity index (χ4v) is 1.60. The molecule has 0 saturated carbocycles. The lowest BCUT2D eigenvalue weighted by atomic mass is 9.91. The van der Waals surface area contributed by atoms with Gasteiger partial charge in [0.1, 0.15) is 5.54 Å². The van der Waals surface area contributed by atoms with Gasteiger partial charge in [0.05, 0.1) is 6.61 Å². The van der Waals surface area contributed by atoms with E-state index in [1.54, 1.807) is 6.92 Å². The first-order valence-electron chi connectivity index (χ1n) is 5.48. The Balaban J connectivity index is 4.08. The summed E-state index contributed by atoms with van der Waals surface area (Å²) in [5, 5.41) is 12.2. The summed E-state index contributed by atoms with van der Waals surface area (Å²) in [5.41, 5.74) is -0.842. The molecule has 0 heterocycles. The van der Waals surface area contributed by atoms with Crippen molar-refractivity contribution in [3.8, 4) is 0 Å². The average molecular weight is 217 g/mol. The van der Waals surface area contributed by atoms with Crippen molar-refractivity contribution in [1.29, 1.82) is 0 Å². The Morgan fingerprint density at radius 1 is 1.53 bits per heavy atom. The molecule has 15 heavy (non-hydrogen) atoms. The van der Waals surface area contributed by atoms with E-state index < -0.39 is 11.5 Å². The zero-order valence-electron chi connectivity index (χ0n) is 10.2. The number of carbonyl (C=O) groups is 1. The molecule has 0 spiro atoms. The SMILES string of the molecule is CCOCCNC(C)(CC(C)C)C(=O)O. The van der Waals surface area contributed by atoms with Crippen LogP contribution < -0.4 is 5.32 Å². The van der Waals surface area contributed by atoms with Gasteiger partial charge in [-0.2, -0.15) is 0 Å². The highest BCUT2D eigenvalue weighted by Crippen LogP contribution is 2.16. The molecule has 4 nitrogen and oxygen atoms in total. The first-order valence-corrected chi connectivity index (χ1v) is 5.48. The first-order chi connectivity index (χ1) is 6.92. The second kappa shape index (κ2) is 6.80. The van der Waals surface area contributed by atoms with Gasteiger partial charge in [0.25, 0.3) is 0 Å². The molecule has 0 aromatic carbocycles. The summed E-state index contributed by atoms with van der Waals surface area (Å²) >= 11 is 0. The van der Waals surface area contributed by atoms with E-state index in [1.165, 1.54) is 0 Å². The van der Waals surface area contributed by atoms with Crippen molar-refractivity contribution in [2.24, 2.45) is 5.92 Å². The number of aliphatic carboxylic acids is 1. The Bertz CT molecular complexity index is 194. The Morgan fingerprint density at radius 2 is 2.13 bits per heavy atom.